The zero-order valence-electron chi connectivity index (χ0n) is 28.0. The molecule has 0 unspecified atom stereocenters. The van der Waals surface area contributed by atoms with E-state index in [-0.39, 0.29) is 5.41 Å². The molecule has 0 bridgehead atoms. The van der Waals surface area contributed by atoms with Crippen LogP contribution >= 0.6 is 0 Å². The average molecular weight is 640 g/mol. The van der Waals surface area contributed by atoms with Crippen LogP contribution in [-0.2, 0) is 5.41 Å². The van der Waals surface area contributed by atoms with Gasteiger partial charge in [-0.3, -0.25) is 4.57 Å². The number of hydrogen-bond acceptors (Lipinski definition) is 2. The van der Waals surface area contributed by atoms with Crippen LogP contribution in [0.5, 0.6) is 0 Å². The lowest BCUT2D eigenvalue weighted by molar-refractivity contribution is 0.705. The third-order valence-electron chi connectivity index (χ3n) is 11.3. The Morgan fingerprint density at radius 3 is 2.24 bits per heavy atom. The highest BCUT2D eigenvalue weighted by Gasteiger charge is 2.43. The van der Waals surface area contributed by atoms with E-state index in [4.69, 9.17) is 9.97 Å². The second kappa shape index (κ2) is 9.99. The van der Waals surface area contributed by atoms with Crippen LogP contribution in [0.4, 0.5) is 0 Å². The van der Waals surface area contributed by atoms with Gasteiger partial charge in [-0.1, -0.05) is 123 Å². The van der Waals surface area contributed by atoms with E-state index < -0.39 is 0 Å². The highest BCUT2D eigenvalue weighted by molar-refractivity contribution is 6.22. The smallest absolute Gasteiger partial charge is 0.235 e. The number of rotatable bonds is 3. The maximum absolute atomic E-state index is 5.29. The average Bonchev–Trinajstić information content (AvgIpc) is 3.76. The minimum Gasteiger partial charge on any atom is -0.278 e. The third-order valence-corrected chi connectivity index (χ3v) is 11.3. The van der Waals surface area contributed by atoms with Gasteiger partial charge in [0.05, 0.1) is 22.2 Å². The summed E-state index contributed by atoms with van der Waals surface area (Å²) < 4.78 is 2.25. The first-order chi connectivity index (χ1) is 24.6. The van der Waals surface area contributed by atoms with Crippen LogP contribution in [0.1, 0.15) is 54.6 Å². The Balaban J connectivity index is 1.08. The second-order valence-corrected chi connectivity index (χ2v) is 14.5. The van der Waals surface area contributed by atoms with E-state index in [0.717, 1.165) is 40.5 Å². The van der Waals surface area contributed by atoms with Crippen molar-refractivity contribution in [2.75, 3.05) is 0 Å². The molecule has 0 saturated heterocycles. The van der Waals surface area contributed by atoms with Crippen molar-refractivity contribution < 1.29 is 0 Å². The lowest BCUT2D eigenvalue weighted by Crippen LogP contribution is -2.16. The number of hydrogen-bond donors (Lipinski definition) is 0. The molecule has 11 rings (SSSR count). The summed E-state index contributed by atoms with van der Waals surface area (Å²) in [6.45, 7) is 4.80. The maximum atomic E-state index is 5.29. The molecule has 50 heavy (non-hydrogen) atoms. The van der Waals surface area contributed by atoms with Gasteiger partial charge in [-0.15, -0.1) is 0 Å². The van der Waals surface area contributed by atoms with E-state index in [1.165, 1.54) is 71.6 Å². The molecule has 0 saturated carbocycles. The number of benzene rings is 6. The van der Waals surface area contributed by atoms with E-state index in [2.05, 4.69) is 158 Å². The highest BCUT2D eigenvalue weighted by Crippen LogP contribution is 2.59. The summed E-state index contributed by atoms with van der Waals surface area (Å²) in [6, 6.07) is 44.6. The van der Waals surface area contributed by atoms with Gasteiger partial charge in [0.15, 0.2) is 0 Å². The van der Waals surface area contributed by atoms with Crippen molar-refractivity contribution in [1.29, 1.82) is 0 Å². The number of fused-ring (bicyclic) bond motifs is 8. The molecule has 6 aromatic carbocycles. The summed E-state index contributed by atoms with van der Waals surface area (Å²) in [5, 5.41) is 6.21. The number of para-hydroxylation sites is 2. The van der Waals surface area contributed by atoms with Crippen LogP contribution in [0, 0.1) is 0 Å². The van der Waals surface area contributed by atoms with Gasteiger partial charge in [0.2, 0.25) is 5.95 Å². The van der Waals surface area contributed by atoms with Gasteiger partial charge >= 0.3 is 0 Å². The summed E-state index contributed by atoms with van der Waals surface area (Å²) in [4.78, 5) is 10.5. The summed E-state index contributed by atoms with van der Waals surface area (Å²) in [5.74, 6) is 0.702. The van der Waals surface area contributed by atoms with E-state index in [1.54, 1.807) is 0 Å². The first-order valence-corrected chi connectivity index (χ1v) is 17.7. The minimum absolute atomic E-state index is 0.109. The molecule has 3 aliphatic rings. The molecule has 0 aliphatic heterocycles. The fourth-order valence-electron chi connectivity index (χ4n) is 9.09. The van der Waals surface area contributed by atoms with Crippen molar-refractivity contribution in [3.8, 4) is 17.1 Å². The Morgan fingerprint density at radius 1 is 0.620 bits per heavy atom. The summed E-state index contributed by atoms with van der Waals surface area (Å²) in [7, 11) is 0. The third kappa shape index (κ3) is 3.69. The Bertz CT molecular complexity index is 2890. The zero-order valence-corrected chi connectivity index (χ0v) is 28.0. The van der Waals surface area contributed by atoms with Crippen LogP contribution in [0.15, 0.2) is 140 Å². The predicted octanol–water partition coefficient (Wildman–Crippen LogP) is 11.8. The van der Waals surface area contributed by atoms with E-state index in [1.807, 2.05) is 0 Å². The molecule has 0 N–H and O–H groups in total. The van der Waals surface area contributed by atoms with Crippen molar-refractivity contribution in [3.05, 3.63) is 168 Å². The molecule has 0 fully saturated rings. The van der Waals surface area contributed by atoms with Crippen LogP contribution in [0.25, 0.3) is 77.3 Å². The Hall–Kier alpha value is -6.06. The molecular weight excluding hydrogens is 607 g/mol. The Morgan fingerprint density at radius 2 is 1.38 bits per heavy atom. The topological polar surface area (TPSA) is 30.7 Å². The summed E-state index contributed by atoms with van der Waals surface area (Å²) >= 11 is 0. The van der Waals surface area contributed by atoms with Crippen molar-refractivity contribution in [2.45, 2.75) is 32.1 Å². The molecule has 0 amide bonds. The van der Waals surface area contributed by atoms with Crippen LogP contribution in [-0.4, -0.2) is 14.5 Å². The van der Waals surface area contributed by atoms with Gasteiger partial charge in [0, 0.05) is 21.6 Å². The fourth-order valence-corrected chi connectivity index (χ4v) is 9.09. The van der Waals surface area contributed by atoms with E-state index in [9.17, 15) is 0 Å². The molecule has 0 spiro atoms. The van der Waals surface area contributed by atoms with Gasteiger partial charge in [0.25, 0.3) is 0 Å². The minimum atomic E-state index is -0.109. The lowest BCUT2D eigenvalue weighted by atomic mass is 9.77. The Kier molecular flexibility index (Phi) is 5.57. The molecule has 0 radical (unpaired) electrons. The second-order valence-electron chi connectivity index (χ2n) is 14.5. The van der Waals surface area contributed by atoms with Gasteiger partial charge < -0.3 is 0 Å². The highest BCUT2D eigenvalue weighted by atomic mass is 15.2. The monoisotopic (exact) mass is 639 g/mol. The van der Waals surface area contributed by atoms with Crippen LogP contribution in [0.2, 0.25) is 0 Å². The predicted molar refractivity (Wildman–Crippen MR) is 209 cm³/mol. The number of allylic oxidation sites excluding steroid dienone is 5. The molecule has 8 aromatic rings. The van der Waals surface area contributed by atoms with Gasteiger partial charge in [0.1, 0.15) is 0 Å². The molecule has 3 heteroatoms. The van der Waals surface area contributed by atoms with Crippen molar-refractivity contribution >= 4 is 60.2 Å². The molecule has 3 nitrogen and oxygen atoms in total. The van der Waals surface area contributed by atoms with Gasteiger partial charge in [-0.2, -0.15) is 0 Å². The molecular formula is C47H33N3. The van der Waals surface area contributed by atoms with Gasteiger partial charge in [-0.25, -0.2) is 9.97 Å². The fraction of sp³-hybridized carbons (Fsp3) is 0.106. The van der Waals surface area contributed by atoms with E-state index >= 15 is 0 Å². The van der Waals surface area contributed by atoms with Crippen molar-refractivity contribution in [2.24, 2.45) is 0 Å². The Labute approximate surface area is 290 Å². The van der Waals surface area contributed by atoms with Crippen molar-refractivity contribution in [1.82, 2.24) is 14.5 Å². The molecule has 3 aliphatic carbocycles. The maximum Gasteiger partial charge on any atom is 0.235 e. The normalized spacial score (nSPS) is 15.8. The van der Waals surface area contributed by atoms with Crippen LogP contribution < -0.4 is 0 Å². The largest absolute Gasteiger partial charge is 0.278 e. The van der Waals surface area contributed by atoms with Gasteiger partial charge in [-0.05, 0) is 104 Å². The standard InChI is InChI=1S/C47H33N3/c1-47(2)38-27-31(22-24-33(38)43-35-18-10-14-28-15-11-19-36(42(28)35)44(43)47)30-23-25-41-37(26-30)32-16-7-9-21-40(32)50(41)46-48-39-20-8-6-17-34(39)45(49-46)29-12-4-3-5-13-29/h4,6-27H,3,5H2,1-2H3. The molecule has 2 aromatic heterocycles. The van der Waals surface area contributed by atoms with E-state index in [0.29, 0.717) is 5.95 Å². The molecule has 236 valence electrons. The number of nitrogens with zero attached hydrogens (tertiary/aromatic N) is 3. The lowest BCUT2D eigenvalue weighted by Gasteiger charge is -2.25. The first-order valence-electron chi connectivity index (χ1n) is 17.7. The van der Waals surface area contributed by atoms with Crippen molar-refractivity contribution in [3.63, 3.8) is 0 Å². The first kappa shape index (κ1) is 27.8. The summed E-state index contributed by atoms with van der Waals surface area (Å²) in [5.41, 5.74) is 16.1. The quantitative estimate of drug-likeness (QED) is 0.193. The van der Waals surface area contributed by atoms with Crippen LogP contribution in [0.3, 0.4) is 0 Å². The molecule has 2 heterocycles. The zero-order chi connectivity index (χ0) is 33.1. The number of aromatic nitrogens is 3. The molecule has 0 atom stereocenters. The SMILES string of the molecule is CC1(C)C2=C(c3ccc(-c4ccc5c(c4)c4ccccc4n5-c4nc(C5=CCCC=C5)c5ccccc5n4)cc31)c1cccc3cccc2c13. The summed E-state index contributed by atoms with van der Waals surface area (Å²) in [6.07, 6.45) is 8.86.